The molecule has 1 aromatic rings. The summed E-state index contributed by atoms with van der Waals surface area (Å²) in [7, 11) is 0. The summed E-state index contributed by atoms with van der Waals surface area (Å²) in [6, 6.07) is 10.7. The standard InChI is InChI=1S/C20H33N3O2/c1-4-22(5-2)20(24)17-23(16-19-9-7-6-8-10-19)18(3)15-21-11-13-25-14-12-21/h6-10,18H,4-5,11-17H2,1-3H3. The van der Waals surface area contributed by atoms with Gasteiger partial charge in [0, 0.05) is 45.3 Å². The molecule has 1 aliphatic heterocycles. The van der Waals surface area contributed by atoms with Crippen molar-refractivity contribution < 1.29 is 9.53 Å². The summed E-state index contributed by atoms with van der Waals surface area (Å²) in [6.07, 6.45) is 0. The predicted octanol–water partition coefficient (Wildman–Crippen LogP) is 2.08. The number of nitrogens with zero attached hydrogens (tertiary/aromatic N) is 3. The molecule has 1 atom stereocenters. The lowest BCUT2D eigenvalue weighted by atomic mass is 10.1. The number of hydrogen-bond donors (Lipinski definition) is 0. The summed E-state index contributed by atoms with van der Waals surface area (Å²) in [4.78, 5) is 19.3. The van der Waals surface area contributed by atoms with Crippen LogP contribution in [0.5, 0.6) is 0 Å². The van der Waals surface area contributed by atoms with Crippen molar-refractivity contribution in [1.82, 2.24) is 14.7 Å². The fourth-order valence-corrected chi connectivity index (χ4v) is 3.31. The third-order valence-corrected chi connectivity index (χ3v) is 4.93. The first-order chi connectivity index (χ1) is 12.1. The highest BCUT2D eigenvalue weighted by Gasteiger charge is 2.23. The third-order valence-electron chi connectivity index (χ3n) is 4.93. The van der Waals surface area contributed by atoms with Crippen molar-refractivity contribution in [3.8, 4) is 0 Å². The van der Waals surface area contributed by atoms with Crippen molar-refractivity contribution in [3.05, 3.63) is 35.9 Å². The van der Waals surface area contributed by atoms with Gasteiger partial charge >= 0.3 is 0 Å². The van der Waals surface area contributed by atoms with Gasteiger partial charge in [-0.05, 0) is 26.3 Å². The van der Waals surface area contributed by atoms with E-state index in [-0.39, 0.29) is 5.91 Å². The van der Waals surface area contributed by atoms with Crippen LogP contribution in [0.4, 0.5) is 0 Å². The minimum Gasteiger partial charge on any atom is -0.379 e. The fourth-order valence-electron chi connectivity index (χ4n) is 3.31. The van der Waals surface area contributed by atoms with E-state index in [4.69, 9.17) is 4.74 Å². The zero-order valence-electron chi connectivity index (χ0n) is 16.0. The van der Waals surface area contributed by atoms with E-state index >= 15 is 0 Å². The molecule has 25 heavy (non-hydrogen) atoms. The van der Waals surface area contributed by atoms with Crippen molar-refractivity contribution in [2.24, 2.45) is 0 Å². The molecule has 0 spiro atoms. The maximum atomic E-state index is 12.7. The Hall–Kier alpha value is -1.43. The van der Waals surface area contributed by atoms with E-state index in [0.29, 0.717) is 12.6 Å². The van der Waals surface area contributed by atoms with Gasteiger partial charge in [-0.2, -0.15) is 0 Å². The molecule has 0 aliphatic carbocycles. The van der Waals surface area contributed by atoms with Gasteiger partial charge in [0.05, 0.1) is 19.8 Å². The molecule has 0 aromatic heterocycles. The first-order valence-electron chi connectivity index (χ1n) is 9.49. The van der Waals surface area contributed by atoms with Gasteiger partial charge in [-0.25, -0.2) is 0 Å². The second kappa shape index (κ2) is 10.5. The quantitative estimate of drug-likeness (QED) is 0.685. The molecule has 1 amide bonds. The normalized spacial score (nSPS) is 16.8. The number of carbonyl (C=O) groups is 1. The molecule has 0 saturated carbocycles. The third kappa shape index (κ3) is 6.42. The largest absolute Gasteiger partial charge is 0.379 e. The summed E-state index contributed by atoms with van der Waals surface area (Å²) < 4.78 is 5.45. The number of amides is 1. The van der Waals surface area contributed by atoms with Crippen LogP contribution >= 0.6 is 0 Å². The van der Waals surface area contributed by atoms with Crippen LogP contribution in [-0.2, 0) is 16.1 Å². The van der Waals surface area contributed by atoms with Crippen LogP contribution in [0.2, 0.25) is 0 Å². The van der Waals surface area contributed by atoms with Crippen LogP contribution in [0.15, 0.2) is 30.3 Å². The second-order valence-electron chi connectivity index (χ2n) is 6.72. The van der Waals surface area contributed by atoms with E-state index in [2.05, 4.69) is 41.0 Å². The zero-order chi connectivity index (χ0) is 18.1. The molecule has 1 heterocycles. The Bertz CT molecular complexity index is 499. The molecule has 0 bridgehead atoms. The van der Waals surface area contributed by atoms with Crippen LogP contribution in [0.1, 0.15) is 26.3 Å². The zero-order valence-corrected chi connectivity index (χ0v) is 16.0. The van der Waals surface area contributed by atoms with Gasteiger partial charge in [0.1, 0.15) is 0 Å². The van der Waals surface area contributed by atoms with Crippen LogP contribution in [-0.4, -0.2) is 79.1 Å². The van der Waals surface area contributed by atoms with E-state index in [1.165, 1.54) is 5.56 Å². The number of benzene rings is 1. The highest BCUT2D eigenvalue weighted by Crippen LogP contribution is 2.11. The van der Waals surface area contributed by atoms with Gasteiger partial charge in [0.2, 0.25) is 5.91 Å². The van der Waals surface area contributed by atoms with Crippen molar-refractivity contribution >= 4 is 5.91 Å². The molecule has 140 valence electrons. The molecule has 0 radical (unpaired) electrons. The first-order valence-corrected chi connectivity index (χ1v) is 9.49. The smallest absolute Gasteiger partial charge is 0.236 e. The Morgan fingerprint density at radius 3 is 2.40 bits per heavy atom. The van der Waals surface area contributed by atoms with Gasteiger partial charge in [-0.1, -0.05) is 30.3 Å². The Kier molecular flexibility index (Phi) is 8.38. The van der Waals surface area contributed by atoms with Crippen molar-refractivity contribution in [1.29, 1.82) is 0 Å². The highest BCUT2D eigenvalue weighted by atomic mass is 16.5. The number of rotatable bonds is 9. The topological polar surface area (TPSA) is 36.0 Å². The number of carbonyl (C=O) groups excluding carboxylic acids is 1. The lowest BCUT2D eigenvalue weighted by molar-refractivity contribution is -0.132. The molecule has 1 saturated heterocycles. The Morgan fingerprint density at radius 2 is 1.80 bits per heavy atom. The van der Waals surface area contributed by atoms with E-state index in [0.717, 1.165) is 52.5 Å². The number of likely N-dealkylation sites (N-methyl/N-ethyl adjacent to an activating group) is 1. The second-order valence-corrected chi connectivity index (χ2v) is 6.72. The maximum absolute atomic E-state index is 12.7. The molecule has 5 nitrogen and oxygen atoms in total. The van der Waals surface area contributed by atoms with E-state index in [9.17, 15) is 4.79 Å². The first kappa shape index (κ1) is 19.9. The maximum Gasteiger partial charge on any atom is 0.236 e. The molecule has 2 rings (SSSR count). The van der Waals surface area contributed by atoms with Gasteiger partial charge in [-0.15, -0.1) is 0 Å². The molecular formula is C20H33N3O2. The highest BCUT2D eigenvalue weighted by molar-refractivity contribution is 5.78. The molecular weight excluding hydrogens is 314 g/mol. The predicted molar refractivity (Wildman–Crippen MR) is 102 cm³/mol. The summed E-state index contributed by atoms with van der Waals surface area (Å²) in [5.41, 5.74) is 1.25. The van der Waals surface area contributed by atoms with Gasteiger partial charge in [0.15, 0.2) is 0 Å². The summed E-state index contributed by atoms with van der Waals surface area (Å²) >= 11 is 0. The SMILES string of the molecule is CCN(CC)C(=O)CN(Cc1ccccc1)C(C)CN1CCOCC1. The summed E-state index contributed by atoms with van der Waals surface area (Å²) in [6.45, 7) is 13.7. The minimum atomic E-state index is 0.217. The molecule has 1 aromatic carbocycles. The molecule has 1 unspecified atom stereocenters. The van der Waals surface area contributed by atoms with Crippen LogP contribution < -0.4 is 0 Å². The summed E-state index contributed by atoms with van der Waals surface area (Å²) in [5, 5.41) is 0. The Balaban J connectivity index is 2.03. The number of ether oxygens (including phenoxy) is 1. The molecule has 1 aliphatic rings. The van der Waals surface area contributed by atoms with Crippen molar-refractivity contribution in [2.45, 2.75) is 33.4 Å². The average molecular weight is 348 g/mol. The fraction of sp³-hybridized carbons (Fsp3) is 0.650. The van der Waals surface area contributed by atoms with Crippen LogP contribution in [0.25, 0.3) is 0 Å². The summed E-state index contributed by atoms with van der Waals surface area (Å²) in [5.74, 6) is 0.217. The Labute approximate surface area is 152 Å². The monoisotopic (exact) mass is 347 g/mol. The molecule has 0 N–H and O–H groups in total. The average Bonchev–Trinajstić information content (AvgIpc) is 2.64. The minimum absolute atomic E-state index is 0.217. The number of hydrogen-bond acceptors (Lipinski definition) is 4. The van der Waals surface area contributed by atoms with Gasteiger partial charge < -0.3 is 9.64 Å². The molecule has 1 fully saturated rings. The van der Waals surface area contributed by atoms with Crippen LogP contribution in [0.3, 0.4) is 0 Å². The lowest BCUT2D eigenvalue weighted by Gasteiger charge is -2.35. The lowest BCUT2D eigenvalue weighted by Crippen LogP contribution is -2.49. The number of morpholine rings is 1. The van der Waals surface area contributed by atoms with Crippen molar-refractivity contribution in [3.63, 3.8) is 0 Å². The Morgan fingerprint density at radius 1 is 1.16 bits per heavy atom. The van der Waals surface area contributed by atoms with Crippen molar-refractivity contribution in [2.75, 3.05) is 52.5 Å². The molecule has 5 heteroatoms. The van der Waals surface area contributed by atoms with Crippen LogP contribution in [0, 0.1) is 0 Å². The van der Waals surface area contributed by atoms with Gasteiger partial charge in [0.25, 0.3) is 0 Å². The van der Waals surface area contributed by atoms with E-state index < -0.39 is 0 Å². The van der Waals surface area contributed by atoms with E-state index in [1.54, 1.807) is 0 Å². The van der Waals surface area contributed by atoms with E-state index in [1.807, 2.05) is 24.8 Å². The van der Waals surface area contributed by atoms with Gasteiger partial charge in [-0.3, -0.25) is 14.6 Å².